The number of amides is 1. The van der Waals surface area contributed by atoms with Gasteiger partial charge < -0.3 is 19.3 Å². The Morgan fingerprint density at radius 1 is 0.970 bits per heavy atom. The number of ketones is 1. The van der Waals surface area contributed by atoms with E-state index in [2.05, 4.69) is 0 Å². The molecule has 1 aliphatic carbocycles. The third-order valence-electron chi connectivity index (χ3n) is 6.14. The fourth-order valence-corrected chi connectivity index (χ4v) is 4.66. The molecule has 1 N–H and O–H groups in total. The summed E-state index contributed by atoms with van der Waals surface area (Å²) in [5.74, 6) is -0.369. The molecule has 0 bridgehead atoms. The van der Waals surface area contributed by atoms with Crippen LogP contribution in [0.5, 0.6) is 17.2 Å². The highest BCUT2D eigenvalue weighted by Crippen LogP contribution is 2.48. The molecule has 0 fully saturated rings. The van der Waals surface area contributed by atoms with E-state index >= 15 is 0 Å². The van der Waals surface area contributed by atoms with E-state index in [1.54, 1.807) is 24.3 Å². The lowest BCUT2D eigenvalue weighted by Crippen LogP contribution is -2.40. The smallest absolute Gasteiger partial charge is 0.335 e. The van der Waals surface area contributed by atoms with Gasteiger partial charge in [-0.05, 0) is 37.1 Å². The third kappa shape index (κ3) is 3.92. The maximum atomic E-state index is 13.4. The molecule has 0 aromatic heterocycles. The van der Waals surface area contributed by atoms with Gasteiger partial charge in [-0.2, -0.15) is 0 Å². The minimum atomic E-state index is -1.08. The molecule has 8 heteroatoms. The van der Waals surface area contributed by atoms with Gasteiger partial charge in [-0.25, -0.2) is 4.79 Å². The van der Waals surface area contributed by atoms with Crippen molar-refractivity contribution in [3.63, 3.8) is 0 Å². The number of allylic oxidation sites excluding steroid dienone is 2. The fraction of sp³-hybridized carbons (Fsp3) is 0.320. The molecule has 0 saturated carbocycles. The van der Waals surface area contributed by atoms with Gasteiger partial charge in [-0.3, -0.25) is 14.5 Å². The molecule has 33 heavy (non-hydrogen) atoms. The summed E-state index contributed by atoms with van der Waals surface area (Å²) in [6, 6.07) is 9.66. The molecule has 0 radical (unpaired) electrons. The summed E-state index contributed by atoms with van der Waals surface area (Å²) in [7, 11) is 4.57. The van der Waals surface area contributed by atoms with Crippen LogP contribution >= 0.6 is 0 Å². The van der Waals surface area contributed by atoms with Crippen molar-refractivity contribution < 1.29 is 33.7 Å². The number of Topliss-reactive ketones (excluding diaryl/α,β-unsaturated/α-hetero) is 1. The molecule has 1 heterocycles. The minimum absolute atomic E-state index is 0.0232. The first-order valence-electron chi connectivity index (χ1n) is 10.6. The zero-order valence-corrected chi connectivity index (χ0v) is 18.7. The second-order valence-corrected chi connectivity index (χ2v) is 7.93. The maximum absolute atomic E-state index is 13.4. The van der Waals surface area contributed by atoms with E-state index in [-0.39, 0.29) is 23.7 Å². The summed E-state index contributed by atoms with van der Waals surface area (Å²) < 4.78 is 16.4. The van der Waals surface area contributed by atoms with Crippen LogP contribution in [0.25, 0.3) is 0 Å². The number of benzene rings is 2. The lowest BCUT2D eigenvalue weighted by atomic mass is 9.76. The van der Waals surface area contributed by atoms with Gasteiger partial charge in [-0.1, -0.05) is 6.07 Å². The number of rotatable bonds is 6. The van der Waals surface area contributed by atoms with Gasteiger partial charge in [0.2, 0.25) is 5.91 Å². The van der Waals surface area contributed by atoms with Crippen LogP contribution in [0, 0.1) is 0 Å². The highest BCUT2D eigenvalue weighted by atomic mass is 16.5. The molecule has 172 valence electrons. The summed E-state index contributed by atoms with van der Waals surface area (Å²) in [5, 5.41) is 9.38. The first-order chi connectivity index (χ1) is 15.9. The summed E-state index contributed by atoms with van der Waals surface area (Å²) >= 11 is 0. The predicted octanol–water partition coefficient (Wildman–Crippen LogP) is 3.94. The van der Waals surface area contributed by atoms with Gasteiger partial charge in [0, 0.05) is 47.3 Å². The third-order valence-corrected chi connectivity index (χ3v) is 6.14. The average molecular weight is 451 g/mol. The summed E-state index contributed by atoms with van der Waals surface area (Å²) in [4.78, 5) is 39.6. The largest absolute Gasteiger partial charge is 0.496 e. The van der Waals surface area contributed by atoms with Crippen molar-refractivity contribution in [1.82, 2.24) is 0 Å². The Morgan fingerprint density at radius 2 is 1.67 bits per heavy atom. The number of ether oxygens (including phenoxy) is 3. The SMILES string of the molecule is COc1cc(OC)c(C2CC(=O)N(c3cccc(C(=O)O)c3)C3=C2C(=O)CCC3)cc1OC. The molecule has 2 aromatic carbocycles. The van der Waals surface area contributed by atoms with Gasteiger partial charge >= 0.3 is 5.97 Å². The Labute approximate surface area is 191 Å². The van der Waals surface area contributed by atoms with Crippen molar-refractivity contribution in [2.75, 3.05) is 26.2 Å². The van der Waals surface area contributed by atoms with E-state index < -0.39 is 11.9 Å². The van der Waals surface area contributed by atoms with Crippen LogP contribution in [-0.2, 0) is 9.59 Å². The van der Waals surface area contributed by atoms with Gasteiger partial charge in [0.15, 0.2) is 17.3 Å². The van der Waals surface area contributed by atoms with Crippen molar-refractivity contribution in [3.05, 3.63) is 58.8 Å². The monoisotopic (exact) mass is 451 g/mol. The van der Waals surface area contributed by atoms with Gasteiger partial charge in [0.25, 0.3) is 0 Å². The molecule has 2 aromatic rings. The lowest BCUT2D eigenvalue weighted by Gasteiger charge is -2.38. The van der Waals surface area contributed by atoms with E-state index in [1.807, 2.05) is 0 Å². The number of carboxylic acids is 1. The normalized spacial score (nSPS) is 18.2. The Hall–Kier alpha value is -3.81. The Kier molecular flexibility index (Phi) is 6.09. The van der Waals surface area contributed by atoms with Crippen LogP contribution in [0.1, 0.15) is 47.5 Å². The van der Waals surface area contributed by atoms with Crippen LogP contribution in [-0.4, -0.2) is 44.1 Å². The van der Waals surface area contributed by atoms with E-state index in [9.17, 15) is 19.5 Å². The number of carbonyl (C=O) groups excluding carboxylic acids is 2. The van der Waals surface area contributed by atoms with Crippen molar-refractivity contribution in [1.29, 1.82) is 0 Å². The number of hydrogen-bond donors (Lipinski definition) is 1. The van der Waals surface area contributed by atoms with Gasteiger partial charge in [0.1, 0.15) is 5.75 Å². The molecule has 0 saturated heterocycles. The van der Waals surface area contributed by atoms with Gasteiger partial charge in [-0.15, -0.1) is 0 Å². The van der Waals surface area contributed by atoms with Crippen molar-refractivity contribution in [2.24, 2.45) is 0 Å². The topological polar surface area (TPSA) is 102 Å². The molecule has 8 nitrogen and oxygen atoms in total. The average Bonchev–Trinajstić information content (AvgIpc) is 2.82. The zero-order valence-electron chi connectivity index (χ0n) is 18.7. The van der Waals surface area contributed by atoms with Crippen LogP contribution < -0.4 is 19.1 Å². The van der Waals surface area contributed by atoms with E-state index in [0.29, 0.717) is 59.0 Å². The standard InChI is InChI=1S/C25H25NO7/c1-31-20-13-22(33-3)21(32-2)11-16(20)17-12-23(28)26(18-8-5-9-19(27)24(17)18)15-7-4-6-14(10-15)25(29)30/h4,6-7,10-11,13,17H,5,8-9,12H2,1-3H3,(H,29,30). The molecular weight excluding hydrogens is 426 g/mol. The lowest BCUT2D eigenvalue weighted by molar-refractivity contribution is -0.119. The van der Waals surface area contributed by atoms with E-state index in [4.69, 9.17) is 14.2 Å². The van der Waals surface area contributed by atoms with Gasteiger partial charge in [0.05, 0.1) is 26.9 Å². The number of carboxylic acid groups (broad SMARTS) is 1. The van der Waals surface area contributed by atoms with E-state index in [1.165, 1.54) is 38.4 Å². The Bertz CT molecular complexity index is 1170. The molecule has 0 spiro atoms. The molecule has 2 aliphatic rings. The van der Waals surface area contributed by atoms with Crippen LogP contribution in [0.2, 0.25) is 0 Å². The van der Waals surface area contributed by atoms with Crippen molar-refractivity contribution in [2.45, 2.75) is 31.6 Å². The second-order valence-electron chi connectivity index (χ2n) is 7.93. The van der Waals surface area contributed by atoms with Crippen LogP contribution in [0.4, 0.5) is 5.69 Å². The zero-order chi connectivity index (χ0) is 23.7. The van der Waals surface area contributed by atoms with E-state index in [0.717, 1.165) is 0 Å². The molecule has 1 aliphatic heterocycles. The summed E-state index contributed by atoms with van der Waals surface area (Å²) in [6.07, 6.45) is 1.59. The number of anilines is 1. The van der Waals surface area contributed by atoms with Crippen molar-refractivity contribution >= 4 is 23.3 Å². The molecule has 1 amide bonds. The number of carbonyl (C=O) groups is 3. The number of methoxy groups -OCH3 is 3. The quantitative estimate of drug-likeness (QED) is 0.710. The minimum Gasteiger partial charge on any atom is -0.496 e. The maximum Gasteiger partial charge on any atom is 0.335 e. The molecule has 1 unspecified atom stereocenters. The number of aromatic carboxylic acids is 1. The number of nitrogens with zero attached hydrogens (tertiary/aromatic N) is 1. The number of hydrogen-bond acceptors (Lipinski definition) is 6. The van der Waals surface area contributed by atoms with Crippen molar-refractivity contribution in [3.8, 4) is 17.2 Å². The highest BCUT2D eigenvalue weighted by molar-refractivity contribution is 6.08. The molecule has 4 rings (SSSR count). The second kappa shape index (κ2) is 8.97. The van der Waals surface area contributed by atoms with Crippen LogP contribution in [0.3, 0.4) is 0 Å². The molecule has 1 atom stereocenters. The summed E-state index contributed by atoms with van der Waals surface area (Å²) in [5.41, 5.74) is 2.37. The first kappa shape index (κ1) is 22.4. The molecular formula is C25H25NO7. The highest BCUT2D eigenvalue weighted by Gasteiger charge is 2.41. The van der Waals surface area contributed by atoms with Crippen LogP contribution in [0.15, 0.2) is 47.7 Å². The Balaban J connectivity index is 1.89. The first-order valence-corrected chi connectivity index (χ1v) is 10.6. The Morgan fingerprint density at radius 3 is 2.33 bits per heavy atom. The predicted molar refractivity (Wildman–Crippen MR) is 120 cm³/mol. The fourth-order valence-electron chi connectivity index (χ4n) is 4.66. The summed E-state index contributed by atoms with van der Waals surface area (Å²) in [6.45, 7) is 0.